The maximum absolute atomic E-state index is 11.6. The van der Waals surface area contributed by atoms with Crippen molar-refractivity contribution < 1.29 is 28.9 Å². The zero-order chi connectivity index (χ0) is 19.8. The number of hydrogen-bond donors (Lipinski definition) is 2. The van der Waals surface area contributed by atoms with Crippen molar-refractivity contribution in [3.63, 3.8) is 0 Å². The number of unbranched alkanes of at least 4 members (excludes halogenated alkanes) is 3. The maximum Gasteiger partial charge on any atom is 0.320 e. The summed E-state index contributed by atoms with van der Waals surface area (Å²) in [5.41, 5.74) is 5.35. The minimum atomic E-state index is -0.468. The van der Waals surface area contributed by atoms with Gasteiger partial charge < -0.3 is 25.1 Å². The highest BCUT2D eigenvalue weighted by Gasteiger charge is 2.40. The summed E-state index contributed by atoms with van der Waals surface area (Å²) in [6, 6.07) is 0. The molecule has 26 heavy (non-hydrogen) atoms. The van der Waals surface area contributed by atoms with Gasteiger partial charge in [-0.3, -0.25) is 9.59 Å². The van der Waals surface area contributed by atoms with Crippen LogP contribution in [-0.4, -0.2) is 56.1 Å². The Balaban J connectivity index is 0.00000194. The fraction of sp³-hybridized carbons (Fsp3) is 0.684. The topological polar surface area (TPSA) is 108 Å². The van der Waals surface area contributed by atoms with E-state index >= 15 is 0 Å². The van der Waals surface area contributed by atoms with Crippen molar-refractivity contribution in [3.05, 3.63) is 24.3 Å². The fourth-order valence-electron chi connectivity index (χ4n) is 2.69. The minimum absolute atomic E-state index is 0.144. The van der Waals surface area contributed by atoms with Gasteiger partial charge in [0.2, 0.25) is 0 Å². The second-order valence-electron chi connectivity index (χ2n) is 6.05. The third-order valence-corrected chi connectivity index (χ3v) is 3.99. The molecule has 1 aliphatic heterocycles. The third-order valence-electron chi connectivity index (χ3n) is 3.99. The van der Waals surface area contributed by atoms with E-state index in [0.717, 1.165) is 6.42 Å². The molecular weight excluding hydrogens is 338 g/mol. The molecule has 7 nitrogen and oxygen atoms in total. The van der Waals surface area contributed by atoms with Crippen LogP contribution in [0.15, 0.2) is 24.3 Å². The summed E-state index contributed by atoms with van der Waals surface area (Å²) in [6.45, 7) is 4.39. The molecule has 0 aliphatic carbocycles. The predicted molar refractivity (Wildman–Crippen MR) is 99.8 cm³/mol. The molecule has 3 N–H and O–H groups in total. The Bertz CT molecular complexity index is 438. The summed E-state index contributed by atoms with van der Waals surface area (Å²) in [7, 11) is 1.63. The number of carbonyl (C=O) groups excluding carboxylic acids is 1. The SMILES string of the molecule is CCCCCC=CC=C[C@@H]1OC[C@H](C)[C@H](OC)[C@H]1OC(=O)CN.O=CO. The van der Waals surface area contributed by atoms with E-state index < -0.39 is 12.1 Å². The predicted octanol–water partition coefficient (Wildman–Crippen LogP) is 2.30. The van der Waals surface area contributed by atoms with Gasteiger partial charge in [-0.05, 0) is 12.8 Å². The van der Waals surface area contributed by atoms with Crippen LogP contribution in [0.3, 0.4) is 0 Å². The maximum atomic E-state index is 11.6. The van der Waals surface area contributed by atoms with Crippen molar-refractivity contribution in [1.82, 2.24) is 0 Å². The van der Waals surface area contributed by atoms with E-state index in [1.54, 1.807) is 7.11 Å². The zero-order valence-corrected chi connectivity index (χ0v) is 16.0. The molecule has 0 radical (unpaired) electrons. The van der Waals surface area contributed by atoms with Gasteiger partial charge in [-0.15, -0.1) is 0 Å². The molecule has 150 valence electrons. The van der Waals surface area contributed by atoms with Crippen molar-refractivity contribution in [2.45, 2.75) is 57.8 Å². The number of ether oxygens (including phenoxy) is 3. The number of carboxylic acid groups (broad SMARTS) is 1. The largest absolute Gasteiger partial charge is 0.483 e. The smallest absolute Gasteiger partial charge is 0.320 e. The summed E-state index contributed by atoms with van der Waals surface area (Å²) >= 11 is 0. The first-order valence-corrected chi connectivity index (χ1v) is 9.00. The highest BCUT2D eigenvalue weighted by molar-refractivity contribution is 5.71. The van der Waals surface area contributed by atoms with Crippen LogP contribution in [0.1, 0.15) is 39.5 Å². The van der Waals surface area contributed by atoms with Gasteiger partial charge in [0.1, 0.15) is 12.2 Å². The molecule has 7 heteroatoms. The highest BCUT2D eigenvalue weighted by atomic mass is 16.6. The summed E-state index contributed by atoms with van der Waals surface area (Å²) < 4.78 is 16.8. The normalized spacial score (nSPS) is 25.7. The van der Waals surface area contributed by atoms with Gasteiger partial charge in [-0.1, -0.05) is 51.0 Å². The van der Waals surface area contributed by atoms with Crippen molar-refractivity contribution in [3.8, 4) is 0 Å². The second kappa shape index (κ2) is 15.5. The van der Waals surface area contributed by atoms with Crippen molar-refractivity contribution in [1.29, 1.82) is 0 Å². The van der Waals surface area contributed by atoms with Gasteiger partial charge in [0, 0.05) is 13.0 Å². The van der Waals surface area contributed by atoms with E-state index in [9.17, 15) is 4.79 Å². The van der Waals surface area contributed by atoms with Crippen LogP contribution in [0, 0.1) is 5.92 Å². The first kappa shape index (κ1) is 24.3. The van der Waals surface area contributed by atoms with Crippen LogP contribution in [0.5, 0.6) is 0 Å². The lowest BCUT2D eigenvalue weighted by Crippen LogP contribution is -2.52. The Morgan fingerprint density at radius 2 is 2.00 bits per heavy atom. The average Bonchev–Trinajstić information content (AvgIpc) is 2.63. The van der Waals surface area contributed by atoms with Gasteiger partial charge in [0.25, 0.3) is 6.47 Å². The lowest BCUT2D eigenvalue weighted by atomic mass is 9.93. The molecule has 1 fully saturated rings. The number of carbonyl (C=O) groups is 2. The Labute approximate surface area is 156 Å². The molecule has 0 amide bonds. The number of nitrogens with two attached hydrogens (primary N) is 1. The Morgan fingerprint density at radius 3 is 2.58 bits per heavy atom. The van der Waals surface area contributed by atoms with E-state index in [0.29, 0.717) is 6.61 Å². The molecule has 0 aromatic carbocycles. The molecule has 0 saturated carbocycles. The summed E-state index contributed by atoms with van der Waals surface area (Å²) in [4.78, 5) is 19.9. The molecule has 1 heterocycles. The lowest BCUT2D eigenvalue weighted by Gasteiger charge is -2.39. The van der Waals surface area contributed by atoms with E-state index in [2.05, 4.69) is 13.0 Å². The van der Waals surface area contributed by atoms with Gasteiger partial charge in [0.15, 0.2) is 6.10 Å². The monoisotopic (exact) mass is 371 g/mol. The Kier molecular flexibility index (Phi) is 14.5. The van der Waals surface area contributed by atoms with E-state index in [1.165, 1.54) is 19.3 Å². The molecule has 0 bridgehead atoms. The van der Waals surface area contributed by atoms with E-state index in [4.69, 9.17) is 29.8 Å². The molecule has 1 saturated heterocycles. The van der Waals surface area contributed by atoms with Crippen molar-refractivity contribution in [2.24, 2.45) is 11.7 Å². The first-order chi connectivity index (χ1) is 12.5. The van der Waals surface area contributed by atoms with Gasteiger partial charge in [-0.25, -0.2) is 0 Å². The summed E-state index contributed by atoms with van der Waals surface area (Å²) in [5.74, 6) is -0.284. The number of hydrogen-bond acceptors (Lipinski definition) is 6. The first-order valence-electron chi connectivity index (χ1n) is 9.00. The van der Waals surface area contributed by atoms with Gasteiger partial charge in [-0.2, -0.15) is 0 Å². The minimum Gasteiger partial charge on any atom is -0.483 e. The number of esters is 1. The van der Waals surface area contributed by atoms with Crippen LogP contribution < -0.4 is 5.73 Å². The molecule has 1 rings (SSSR count). The van der Waals surface area contributed by atoms with Crippen LogP contribution >= 0.6 is 0 Å². The van der Waals surface area contributed by atoms with Crippen LogP contribution in [0.4, 0.5) is 0 Å². The average molecular weight is 371 g/mol. The second-order valence-corrected chi connectivity index (χ2v) is 6.05. The van der Waals surface area contributed by atoms with E-state index in [1.807, 2.05) is 25.2 Å². The Hall–Kier alpha value is -1.70. The molecule has 0 aromatic heterocycles. The molecular formula is C19H33NO6. The van der Waals surface area contributed by atoms with E-state index in [-0.39, 0.29) is 31.1 Å². The standard InChI is InChI=1S/C18H31NO4.CH2O2/c1-4-5-6-7-8-9-10-11-15-18(23-16(20)12-19)17(21-3)14(2)13-22-15;2-1-3/h8-11,14-15,17-18H,4-7,12-13,19H2,1-3H3;1H,(H,2,3)/t14-,15-,17-,18-;/m0./s1. The zero-order valence-electron chi connectivity index (χ0n) is 16.0. The van der Waals surface area contributed by atoms with Gasteiger partial charge in [0.05, 0.1) is 13.2 Å². The van der Waals surface area contributed by atoms with Crippen LogP contribution in [0.25, 0.3) is 0 Å². The quantitative estimate of drug-likeness (QED) is 0.277. The molecule has 0 unspecified atom stereocenters. The summed E-state index contributed by atoms with van der Waals surface area (Å²) in [5, 5.41) is 6.89. The number of allylic oxidation sites excluding steroid dienone is 3. The van der Waals surface area contributed by atoms with Crippen LogP contribution in [0.2, 0.25) is 0 Å². The fourth-order valence-corrected chi connectivity index (χ4v) is 2.69. The highest BCUT2D eigenvalue weighted by Crippen LogP contribution is 2.26. The van der Waals surface area contributed by atoms with Gasteiger partial charge >= 0.3 is 5.97 Å². The Morgan fingerprint density at radius 1 is 1.31 bits per heavy atom. The molecule has 1 aliphatic rings. The van der Waals surface area contributed by atoms with Crippen molar-refractivity contribution >= 4 is 12.4 Å². The summed E-state index contributed by atoms with van der Waals surface area (Å²) in [6.07, 6.45) is 11.8. The molecule has 0 aromatic rings. The number of rotatable bonds is 9. The number of methoxy groups -OCH3 is 1. The molecule has 4 atom stereocenters. The molecule has 0 spiro atoms. The third kappa shape index (κ3) is 9.70. The lowest BCUT2D eigenvalue weighted by molar-refractivity contribution is -0.189. The van der Waals surface area contributed by atoms with Crippen molar-refractivity contribution in [2.75, 3.05) is 20.3 Å². The van der Waals surface area contributed by atoms with Crippen LogP contribution in [-0.2, 0) is 23.8 Å².